The highest BCUT2D eigenvalue weighted by molar-refractivity contribution is 5.75. The summed E-state index contributed by atoms with van der Waals surface area (Å²) in [5, 5.41) is 5.66. The maximum absolute atomic E-state index is 11.0. The Morgan fingerprint density at radius 2 is 1.93 bits per heavy atom. The van der Waals surface area contributed by atoms with Gasteiger partial charge >= 0.3 is 0 Å². The molecular weight excluding hydrogens is 180 g/mol. The summed E-state index contributed by atoms with van der Waals surface area (Å²) in [6.07, 6.45) is 0.530. The lowest BCUT2D eigenvalue weighted by Gasteiger charge is -2.04. The molecule has 0 fully saturated rings. The van der Waals surface area contributed by atoms with Crippen molar-refractivity contribution in [3.8, 4) is 0 Å². The van der Waals surface area contributed by atoms with Crippen LogP contribution in [0.1, 0.15) is 27.2 Å². The predicted molar refractivity (Wildman–Crippen MR) is 59.4 cm³/mol. The second kappa shape index (κ2) is 14.9. The summed E-state index contributed by atoms with van der Waals surface area (Å²) in [4.78, 5) is 11.0. The van der Waals surface area contributed by atoms with Gasteiger partial charge in [0.15, 0.2) is 0 Å². The number of rotatable bonds is 7. The summed E-state index contributed by atoms with van der Waals surface area (Å²) in [7, 11) is 1.83. The average Bonchev–Trinajstić information content (AvgIpc) is 2.24. The highest BCUT2D eigenvalue weighted by Gasteiger charge is 1.97. The Balaban J connectivity index is 0. The van der Waals surface area contributed by atoms with Gasteiger partial charge in [-0.3, -0.25) is 4.79 Å². The summed E-state index contributed by atoms with van der Waals surface area (Å²) in [5.41, 5.74) is 0. The molecule has 0 saturated carbocycles. The Bertz CT molecular complexity index is 119. The van der Waals surface area contributed by atoms with Crippen molar-refractivity contribution in [3.05, 3.63) is 0 Å². The zero-order valence-electron chi connectivity index (χ0n) is 9.85. The van der Waals surface area contributed by atoms with Crippen molar-refractivity contribution in [1.29, 1.82) is 0 Å². The Labute approximate surface area is 87.4 Å². The average molecular weight is 204 g/mol. The molecule has 0 atom stereocenters. The number of hydrogen-bond donors (Lipinski definition) is 2. The second-order valence-corrected chi connectivity index (χ2v) is 2.40. The van der Waals surface area contributed by atoms with Gasteiger partial charge < -0.3 is 15.4 Å². The first-order chi connectivity index (χ1) is 6.81. The van der Waals surface area contributed by atoms with Crippen LogP contribution in [0.5, 0.6) is 0 Å². The van der Waals surface area contributed by atoms with Crippen LogP contribution in [0.2, 0.25) is 0 Å². The van der Waals surface area contributed by atoms with Gasteiger partial charge in [-0.15, -0.1) is 0 Å². The number of nitrogens with one attached hydrogen (secondary N) is 2. The molecule has 0 heterocycles. The second-order valence-electron chi connectivity index (χ2n) is 2.40. The van der Waals surface area contributed by atoms with Crippen molar-refractivity contribution in [3.63, 3.8) is 0 Å². The maximum Gasteiger partial charge on any atom is 0.221 e. The monoisotopic (exact) mass is 204 g/mol. The molecule has 1 amide bonds. The fourth-order valence-corrected chi connectivity index (χ4v) is 0.734. The van der Waals surface area contributed by atoms with Crippen LogP contribution in [0, 0.1) is 0 Å². The third-order valence-corrected chi connectivity index (χ3v) is 1.37. The van der Waals surface area contributed by atoms with Crippen molar-refractivity contribution in [2.75, 3.05) is 33.4 Å². The van der Waals surface area contributed by atoms with E-state index in [1.807, 2.05) is 27.8 Å². The molecule has 14 heavy (non-hydrogen) atoms. The number of carbonyl (C=O) groups excluding carboxylic acids is 1. The van der Waals surface area contributed by atoms with Gasteiger partial charge in [0, 0.05) is 26.1 Å². The van der Waals surface area contributed by atoms with E-state index in [1.165, 1.54) is 0 Å². The third-order valence-electron chi connectivity index (χ3n) is 1.37. The van der Waals surface area contributed by atoms with Crippen LogP contribution >= 0.6 is 0 Å². The molecule has 4 heteroatoms. The molecule has 0 unspecified atom stereocenters. The first-order valence-corrected chi connectivity index (χ1v) is 5.30. The van der Waals surface area contributed by atoms with Crippen molar-refractivity contribution < 1.29 is 9.53 Å². The molecule has 0 aliphatic carbocycles. The Hall–Kier alpha value is -0.610. The molecule has 0 radical (unpaired) electrons. The van der Waals surface area contributed by atoms with Gasteiger partial charge in [0.2, 0.25) is 5.91 Å². The van der Waals surface area contributed by atoms with E-state index < -0.39 is 0 Å². The molecule has 0 aliphatic heterocycles. The SMILES string of the molecule is CC.CCOCCNC(=O)CCNC. The van der Waals surface area contributed by atoms with Crippen LogP contribution in [0.15, 0.2) is 0 Å². The molecule has 0 aliphatic rings. The van der Waals surface area contributed by atoms with Crippen molar-refractivity contribution in [2.45, 2.75) is 27.2 Å². The molecule has 4 nitrogen and oxygen atoms in total. The molecule has 0 saturated heterocycles. The molecule has 0 rings (SSSR count). The maximum atomic E-state index is 11.0. The third kappa shape index (κ3) is 13.9. The van der Waals surface area contributed by atoms with Gasteiger partial charge in [-0.1, -0.05) is 13.8 Å². The van der Waals surface area contributed by atoms with E-state index in [9.17, 15) is 4.79 Å². The molecule has 0 aromatic rings. The zero-order valence-corrected chi connectivity index (χ0v) is 9.85. The predicted octanol–water partition coefficient (Wildman–Crippen LogP) is 0.775. The fourth-order valence-electron chi connectivity index (χ4n) is 0.734. The van der Waals surface area contributed by atoms with Crippen molar-refractivity contribution >= 4 is 5.91 Å². The van der Waals surface area contributed by atoms with E-state index >= 15 is 0 Å². The number of amides is 1. The topological polar surface area (TPSA) is 50.4 Å². The quantitative estimate of drug-likeness (QED) is 0.602. The lowest BCUT2D eigenvalue weighted by molar-refractivity contribution is -0.121. The number of hydrogen-bond acceptors (Lipinski definition) is 3. The molecule has 0 aromatic heterocycles. The van der Waals surface area contributed by atoms with Gasteiger partial charge in [-0.2, -0.15) is 0 Å². The Morgan fingerprint density at radius 3 is 2.43 bits per heavy atom. The van der Waals surface area contributed by atoms with Gasteiger partial charge in [-0.05, 0) is 14.0 Å². The Morgan fingerprint density at radius 1 is 1.29 bits per heavy atom. The molecule has 0 aromatic carbocycles. The zero-order chi connectivity index (χ0) is 11.2. The lowest BCUT2D eigenvalue weighted by atomic mass is 10.4. The smallest absolute Gasteiger partial charge is 0.221 e. The van der Waals surface area contributed by atoms with Crippen molar-refractivity contribution in [1.82, 2.24) is 10.6 Å². The van der Waals surface area contributed by atoms with E-state index in [0.717, 1.165) is 6.54 Å². The summed E-state index contributed by atoms with van der Waals surface area (Å²) in [6.45, 7) is 8.56. The summed E-state index contributed by atoms with van der Waals surface area (Å²) >= 11 is 0. The van der Waals surface area contributed by atoms with Crippen LogP contribution in [-0.2, 0) is 9.53 Å². The van der Waals surface area contributed by atoms with Crippen LogP contribution in [0.4, 0.5) is 0 Å². The minimum Gasteiger partial charge on any atom is -0.380 e. The van der Waals surface area contributed by atoms with Crippen LogP contribution in [-0.4, -0.2) is 39.3 Å². The standard InChI is InChI=1S/C8H18N2O2.C2H6/c1-3-12-7-6-10-8(11)4-5-9-2;1-2/h9H,3-7H2,1-2H3,(H,10,11);1-2H3. The summed E-state index contributed by atoms with van der Waals surface area (Å²) in [5.74, 6) is 0.0732. The minimum absolute atomic E-state index is 0.0732. The number of ether oxygens (including phenoxy) is 1. The first kappa shape index (κ1) is 15.8. The first-order valence-electron chi connectivity index (χ1n) is 5.30. The van der Waals surface area contributed by atoms with Crippen molar-refractivity contribution in [2.24, 2.45) is 0 Å². The molecule has 0 spiro atoms. The summed E-state index contributed by atoms with van der Waals surface area (Å²) in [6, 6.07) is 0. The van der Waals surface area contributed by atoms with E-state index in [4.69, 9.17) is 4.74 Å². The van der Waals surface area contributed by atoms with E-state index in [1.54, 1.807) is 0 Å². The van der Waals surface area contributed by atoms with E-state index in [-0.39, 0.29) is 5.91 Å². The van der Waals surface area contributed by atoms with Gasteiger partial charge in [-0.25, -0.2) is 0 Å². The van der Waals surface area contributed by atoms with Crippen LogP contribution in [0.25, 0.3) is 0 Å². The molecule has 0 bridgehead atoms. The van der Waals surface area contributed by atoms with Gasteiger partial charge in [0.05, 0.1) is 6.61 Å². The molecule has 2 N–H and O–H groups in total. The highest BCUT2D eigenvalue weighted by Crippen LogP contribution is 1.76. The van der Waals surface area contributed by atoms with E-state index in [0.29, 0.717) is 26.2 Å². The van der Waals surface area contributed by atoms with Gasteiger partial charge in [0.1, 0.15) is 0 Å². The van der Waals surface area contributed by atoms with Crippen LogP contribution < -0.4 is 10.6 Å². The van der Waals surface area contributed by atoms with Crippen LogP contribution in [0.3, 0.4) is 0 Å². The Kier molecular flexibility index (Phi) is 16.9. The minimum atomic E-state index is 0.0732. The lowest BCUT2D eigenvalue weighted by Crippen LogP contribution is -2.29. The number of carbonyl (C=O) groups is 1. The fraction of sp³-hybridized carbons (Fsp3) is 0.900. The highest BCUT2D eigenvalue weighted by atomic mass is 16.5. The normalized spacial score (nSPS) is 8.86. The largest absolute Gasteiger partial charge is 0.380 e. The van der Waals surface area contributed by atoms with E-state index in [2.05, 4.69) is 10.6 Å². The molecular formula is C10H24N2O2. The summed E-state index contributed by atoms with van der Waals surface area (Å²) < 4.78 is 5.06. The van der Waals surface area contributed by atoms with Gasteiger partial charge in [0.25, 0.3) is 0 Å². The molecule has 86 valence electrons.